The van der Waals surface area contributed by atoms with E-state index < -0.39 is 5.66 Å². The molecule has 0 saturated heterocycles. The average Bonchev–Trinajstić information content (AvgIpc) is 2.55. The van der Waals surface area contributed by atoms with Crippen molar-refractivity contribution in [2.45, 2.75) is 26.7 Å². The molecular formula is C18H24NPSe. The van der Waals surface area contributed by atoms with E-state index in [4.69, 9.17) is 0 Å². The first-order valence-corrected chi connectivity index (χ1v) is 11.7. The summed E-state index contributed by atoms with van der Waals surface area (Å²) in [4.78, 5) is 0. The molecule has 0 N–H and O–H groups in total. The van der Waals surface area contributed by atoms with Gasteiger partial charge in [-0.25, -0.2) is 0 Å². The molecule has 0 radical (unpaired) electrons. The summed E-state index contributed by atoms with van der Waals surface area (Å²) in [6.45, 7) is 6.81. The van der Waals surface area contributed by atoms with E-state index in [1.807, 2.05) is 0 Å². The molecular weight excluding hydrogens is 340 g/mol. The second-order valence-electron chi connectivity index (χ2n) is 5.20. The fourth-order valence-corrected chi connectivity index (χ4v) is 8.27. The molecule has 0 atom stereocenters. The van der Waals surface area contributed by atoms with Crippen LogP contribution in [0.3, 0.4) is 0 Å². The maximum atomic E-state index is 3.63. The molecule has 0 spiro atoms. The Hall–Kier alpha value is -0.651. The molecule has 2 aromatic rings. The predicted molar refractivity (Wildman–Crippen MR) is 97.0 cm³/mol. The van der Waals surface area contributed by atoms with Gasteiger partial charge >= 0.3 is 136 Å². The van der Waals surface area contributed by atoms with Crippen molar-refractivity contribution in [2.75, 3.05) is 13.1 Å². The Labute approximate surface area is 136 Å². The van der Waals surface area contributed by atoms with Crippen molar-refractivity contribution in [3.8, 4) is 0 Å². The first-order chi connectivity index (χ1) is 10.2. The third-order valence-corrected chi connectivity index (χ3v) is 10.9. The van der Waals surface area contributed by atoms with Gasteiger partial charge in [-0.05, 0) is 0 Å². The van der Waals surface area contributed by atoms with Crippen LogP contribution in [0.15, 0.2) is 60.7 Å². The Morgan fingerprint density at radius 1 is 0.762 bits per heavy atom. The van der Waals surface area contributed by atoms with Gasteiger partial charge in [-0.1, -0.05) is 0 Å². The number of hydrogen-bond donors (Lipinski definition) is 0. The Morgan fingerprint density at radius 3 is 1.48 bits per heavy atom. The molecule has 0 aliphatic heterocycles. The normalized spacial score (nSPS) is 11.8. The van der Waals surface area contributed by atoms with Crippen LogP contribution in [0.4, 0.5) is 0 Å². The topological polar surface area (TPSA) is 3.24 Å². The van der Waals surface area contributed by atoms with E-state index in [0.717, 1.165) is 13.1 Å². The van der Waals surface area contributed by atoms with Gasteiger partial charge in [0.25, 0.3) is 0 Å². The zero-order valence-corrected chi connectivity index (χ0v) is 15.5. The molecule has 0 heterocycles. The number of hydrogen-bond acceptors (Lipinski definition) is 1. The van der Waals surface area contributed by atoms with Gasteiger partial charge < -0.3 is 0 Å². The number of nitrogens with zero attached hydrogens (tertiary/aromatic N) is 1. The molecule has 0 bridgehead atoms. The fourth-order valence-electron chi connectivity index (χ4n) is 2.65. The van der Waals surface area contributed by atoms with E-state index in [0.29, 0.717) is 0 Å². The summed E-state index contributed by atoms with van der Waals surface area (Å²) >= 11 is 3.63. The fraction of sp³-hybridized carbons (Fsp3) is 0.333. The molecule has 21 heavy (non-hydrogen) atoms. The summed E-state index contributed by atoms with van der Waals surface area (Å²) in [5.74, 6) is 0. The molecule has 2 rings (SSSR count). The average molecular weight is 364 g/mol. The van der Waals surface area contributed by atoms with Crippen LogP contribution >= 0.6 is 5.66 Å². The molecule has 3 heteroatoms. The molecule has 0 saturated carbocycles. The molecule has 0 fully saturated rings. The molecule has 2 aromatic carbocycles. The Kier molecular flexibility index (Phi) is 6.45. The van der Waals surface area contributed by atoms with E-state index in [1.165, 1.54) is 23.5 Å². The molecule has 0 aliphatic rings. The summed E-state index contributed by atoms with van der Waals surface area (Å²) in [5, 5.41) is 2.86. The summed E-state index contributed by atoms with van der Waals surface area (Å²) in [6.07, 6.45) is 2.37. The van der Waals surface area contributed by atoms with E-state index in [1.54, 1.807) is 0 Å². The van der Waals surface area contributed by atoms with Crippen LogP contribution in [0.25, 0.3) is 0 Å². The monoisotopic (exact) mass is 365 g/mol. The quantitative estimate of drug-likeness (QED) is 0.534. The summed E-state index contributed by atoms with van der Waals surface area (Å²) in [5.41, 5.74) is -1.61. The standard InChI is InChI=1S/C18H24NPSe/c1-3-15-19(16-4-2)20(21,17-11-7-5-8-12-17)18-13-9-6-10-14-18/h5-14H,3-4,15-16H2,1-2H3. The molecule has 0 unspecified atom stereocenters. The molecule has 1 nitrogen and oxygen atoms in total. The van der Waals surface area contributed by atoms with Crippen LogP contribution in [0.2, 0.25) is 0 Å². The zero-order valence-electron chi connectivity index (χ0n) is 12.9. The summed E-state index contributed by atoms with van der Waals surface area (Å²) in [6, 6.07) is 21.9. The Morgan fingerprint density at radius 2 is 1.14 bits per heavy atom. The van der Waals surface area contributed by atoms with Crippen LogP contribution < -0.4 is 10.6 Å². The van der Waals surface area contributed by atoms with Crippen LogP contribution in [0, 0.1) is 0 Å². The SMILES string of the molecule is CCCN(CCC)P(=[Se])(c1ccccc1)c1ccccc1. The minimum absolute atomic E-state index is 1.14. The van der Waals surface area contributed by atoms with Crippen LogP contribution in [-0.2, 0) is 0 Å². The van der Waals surface area contributed by atoms with Gasteiger partial charge in [-0.2, -0.15) is 0 Å². The van der Waals surface area contributed by atoms with Crippen LogP contribution in [0.5, 0.6) is 0 Å². The Bertz CT molecular complexity index is 533. The number of benzene rings is 2. The minimum atomic E-state index is -1.61. The van der Waals surface area contributed by atoms with E-state index in [-0.39, 0.29) is 0 Å². The zero-order chi connectivity index (χ0) is 15.1. The predicted octanol–water partition coefficient (Wildman–Crippen LogP) is 3.78. The van der Waals surface area contributed by atoms with Crippen molar-refractivity contribution in [2.24, 2.45) is 0 Å². The van der Waals surface area contributed by atoms with E-state index in [2.05, 4.69) is 94.3 Å². The van der Waals surface area contributed by atoms with Crippen molar-refractivity contribution in [1.82, 2.24) is 4.67 Å². The van der Waals surface area contributed by atoms with Crippen molar-refractivity contribution in [3.05, 3.63) is 60.7 Å². The van der Waals surface area contributed by atoms with Crippen LogP contribution in [-0.4, -0.2) is 32.9 Å². The van der Waals surface area contributed by atoms with Gasteiger partial charge in [0, 0.05) is 0 Å². The Balaban J connectivity index is 2.56. The number of rotatable bonds is 7. The maximum absolute atomic E-state index is 3.63. The summed E-state index contributed by atoms with van der Waals surface area (Å²) in [7, 11) is 0. The van der Waals surface area contributed by atoms with Gasteiger partial charge in [0.1, 0.15) is 0 Å². The van der Waals surface area contributed by atoms with Gasteiger partial charge in [0.15, 0.2) is 0 Å². The van der Waals surface area contributed by atoms with Crippen molar-refractivity contribution < 1.29 is 0 Å². The van der Waals surface area contributed by atoms with Gasteiger partial charge in [-0.3, -0.25) is 0 Å². The van der Waals surface area contributed by atoms with Gasteiger partial charge in [0.2, 0.25) is 0 Å². The third-order valence-electron chi connectivity index (χ3n) is 3.57. The van der Waals surface area contributed by atoms with E-state index >= 15 is 0 Å². The summed E-state index contributed by atoms with van der Waals surface area (Å²) < 4.78 is 2.68. The molecule has 0 amide bonds. The van der Waals surface area contributed by atoms with Crippen molar-refractivity contribution in [1.29, 1.82) is 0 Å². The van der Waals surface area contributed by atoms with E-state index in [9.17, 15) is 0 Å². The second-order valence-corrected chi connectivity index (χ2v) is 11.3. The van der Waals surface area contributed by atoms with Gasteiger partial charge in [-0.15, -0.1) is 0 Å². The third kappa shape index (κ3) is 3.76. The molecule has 0 aliphatic carbocycles. The van der Waals surface area contributed by atoms with Crippen molar-refractivity contribution >= 4 is 31.4 Å². The first-order valence-electron chi connectivity index (χ1n) is 7.70. The molecule has 112 valence electrons. The van der Waals surface area contributed by atoms with Crippen molar-refractivity contribution in [3.63, 3.8) is 0 Å². The molecule has 0 aromatic heterocycles. The first kappa shape index (κ1) is 16.7. The second kappa shape index (κ2) is 8.11. The van der Waals surface area contributed by atoms with Crippen LogP contribution in [0.1, 0.15) is 26.7 Å². The van der Waals surface area contributed by atoms with Gasteiger partial charge in [0.05, 0.1) is 0 Å².